The fourth-order valence-electron chi connectivity index (χ4n) is 2.32. The molecule has 0 aliphatic carbocycles. The van der Waals surface area contributed by atoms with E-state index in [0.29, 0.717) is 18.1 Å². The van der Waals surface area contributed by atoms with Gasteiger partial charge in [0.2, 0.25) is 11.8 Å². The Bertz CT molecular complexity index is 700. The Balaban J connectivity index is 2.07. The minimum atomic E-state index is 0.0475. The van der Waals surface area contributed by atoms with Gasteiger partial charge < -0.3 is 15.4 Å². The number of carbonyl (C=O) groups excluding carboxylic acids is 1. The zero-order valence-corrected chi connectivity index (χ0v) is 11.3. The third-order valence-corrected chi connectivity index (χ3v) is 3.31. The van der Waals surface area contributed by atoms with E-state index in [1.54, 1.807) is 18.0 Å². The molecule has 1 aromatic carbocycles. The smallest absolute Gasteiger partial charge is 0.254 e. The summed E-state index contributed by atoms with van der Waals surface area (Å²) >= 11 is 0. The Kier molecular flexibility index (Phi) is 2.78. The first-order chi connectivity index (χ1) is 9.58. The number of nitrogen functional groups attached to an aromatic ring is 1. The van der Waals surface area contributed by atoms with Crippen molar-refractivity contribution in [2.45, 2.75) is 6.54 Å². The van der Waals surface area contributed by atoms with Gasteiger partial charge in [0.25, 0.3) is 5.91 Å². The number of carbonyl (C=O) groups is 1. The van der Waals surface area contributed by atoms with Gasteiger partial charge in [-0.2, -0.15) is 4.98 Å². The molecule has 0 unspecified atom stereocenters. The van der Waals surface area contributed by atoms with Crippen LogP contribution in [0.4, 0.5) is 5.95 Å². The van der Waals surface area contributed by atoms with Gasteiger partial charge in [0, 0.05) is 30.8 Å². The standard InChI is InChI=1S/C14H14N4O2/c1-18-7-9-5-8(3-4-10(9)13(18)19)11-6-12(20-2)17-14(15)16-11/h3-6H,7H2,1-2H3,(H2,15,16,17). The normalized spacial score (nSPS) is 13.5. The highest BCUT2D eigenvalue weighted by Crippen LogP contribution is 2.28. The summed E-state index contributed by atoms with van der Waals surface area (Å²) in [5, 5.41) is 0. The molecule has 102 valence electrons. The Morgan fingerprint density at radius 1 is 1.30 bits per heavy atom. The summed E-state index contributed by atoms with van der Waals surface area (Å²) in [5.74, 6) is 0.626. The van der Waals surface area contributed by atoms with Crippen LogP contribution < -0.4 is 10.5 Å². The average molecular weight is 270 g/mol. The van der Waals surface area contributed by atoms with E-state index in [9.17, 15) is 4.79 Å². The van der Waals surface area contributed by atoms with Gasteiger partial charge >= 0.3 is 0 Å². The number of anilines is 1. The zero-order chi connectivity index (χ0) is 14.3. The average Bonchev–Trinajstić information content (AvgIpc) is 2.73. The molecule has 0 saturated heterocycles. The summed E-state index contributed by atoms with van der Waals surface area (Å²) < 4.78 is 5.09. The highest BCUT2D eigenvalue weighted by molar-refractivity contribution is 5.98. The summed E-state index contributed by atoms with van der Waals surface area (Å²) in [7, 11) is 3.32. The van der Waals surface area contributed by atoms with E-state index in [1.807, 2.05) is 18.2 Å². The van der Waals surface area contributed by atoms with Crippen molar-refractivity contribution in [1.82, 2.24) is 14.9 Å². The molecule has 20 heavy (non-hydrogen) atoms. The molecule has 1 aliphatic rings. The van der Waals surface area contributed by atoms with Crippen molar-refractivity contribution in [1.29, 1.82) is 0 Å². The SMILES string of the molecule is COc1cc(-c2ccc3c(c2)CN(C)C3=O)nc(N)n1. The molecule has 3 rings (SSSR count). The number of benzene rings is 1. The molecule has 0 bridgehead atoms. The van der Waals surface area contributed by atoms with E-state index in [-0.39, 0.29) is 11.9 Å². The fourth-order valence-corrected chi connectivity index (χ4v) is 2.32. The third kappa shape index (κ3) is 1.95. The number of amides is 1. The lowest BCUT2D eigenvalue weighted by atomic mass is 10.0. The van der Waals surface area contributed by atoms with Crippen LogP contribution in [0.15, 0.2) is 24.3 Å². The Labute approximate surface area is 116 Å². The summed E-state index contributed by atoms with van der Waals surface area (Å²) in [6, 6.07) is 7.36. The lowest BCUT2D eigenvalue weighted by Gasteiger charge is -2.06. The predicted molar refractivity (Wildman–Crippen MR) is 74.2 cm³/mol. The topological polar surface area (TPSA) is 81.3 Å². The zero-order valence-electron chi connectivity index (χ0n) is 11.3. The minimum absolute atomic E-state index is 0.0475. The number of fused-ring (bicyclic) bond motifs is 1. The second kappa shape index (κ2) is 4.48. The van der Waals surface area contributed by atoms with E-state index in [4.69, 9.17) is 10.5 Å². The summed E-state index contributed by atoms with van der Waals surface area (Å²) in [5.41, 5.74) is 8.97. The van der Waals surface area contributed by atoms with Gasteiger partial charge in [0.1, 0.15) is 0 Å². The van der Waals surface area contributed by atoms with E-state index in [2.05, 4.69) is 9.97 Å². The molecule has 6 heteroatoms. The molecule has 6 nitrogen and oxygen atoms in total. The molecule has 0 atom stereocenters. The first-order valence-electron chi connectivity index (χ1n) is 6.16. The summed E-state index contributed by atoms with van der Waals surface area (Å²) in [4.78, 5) is 21.7. The molecule has 2 heterocycles. The van der Waals surface area contributed by atoms with Crippen molar-refractivity contribution >= 4 is 11.9 Å². The van der Waals surface area contributed by atoms with Crippen LogP contribution in [0.3, 0.4) is 0 Å². The molecule has 1 aliphatic heterocycles. The molecule has 1 aromatic heterocycles. The molecular formula is C14H14N4O2. The molecule has 2 N–H and O–H groups in total. The molecule has 0 spiro atoms. The van der Waals surface area contributed by atoms with Gasteiger partial charge in [-0.05, 0) is 17.7 Å². The number of nitrogens with zero attached hydrogens (tertiary/aromatic N) is 3. The van der Waals surface area contributed by atoms with Gasteiger partial charge in [0.15, 0.2) is 0 Å². The van der Waals surface area contributed by atoms with Crippen molar-refractivity contribution in [2.24, 2.45) is 0 Å². The van der Waals surface area contributed by atoms with Gasteiger partial charge in [-0.1, -0.05) is 6.07 Å². The number of aromatic nitrogens is 2. The fraction of sp³-hybridized carbons (Fsp3) is 0.214. The highest BCUT2D eigenvalue weighted by Gasteiger charge is 2.24. The minimum Gasteiger partial charge on any atom is -0.481 e. The number of hydrogen-bond donors (Lipinski definition) is 1. The number of ether oxygens (including phenoxy) is 1. The van der Waals surface area contributed by atoms with Crippen molar-refractivity contribution in [3.8, 4) is 17.1 Å². The van der Waals surface area contributed by atoms with Gasteiger partial charge in [-0.3, -0.25) is 4.79 Å². The van der Waals surface area contributed by atoms with Crippen molar-refractivity contribution < 1.29 is 9.53 Å². The van der Waals surface area contributed by atoms with Crippen LogP contribution in [0.25, 0.3) is 11.3 Å². The van der Waals surface area contributed by atoms with E-state index >= 15 is 0 Å². The molecule has 1 amide bonds. The van der Waals surface area contributed by atoms with Crippen LogP contribution in [0.2, 0.25) is 0 Å². The maximum absolute atomic E-state index is 11.9. The highest BCUT2D eigenvalue weighted by atomic mass is 16.5. The largest absolute Gasteiger partial charge is 0.481 e. The van der Waals surface area contributed by atoms with Gasteiger partial charge in [-0.15, -0.1) is 0 Å². The first kappa shape index (κ1) is 12.4. The number of hydrogen-bond acceptors (Lipinski definition) is 5. The Morgan fingerprint density at radius 3 is 2.85 bits per heavy atom. The first-order valence-corrected chi connectivity index (χ1v) is 6.16. The second-order valence-corrected chi connectivity index (χ2v) is 4.69. The van der Waals surface area contributed by atoms with Crippen molar-refractivity contribution in [3.63, 3.8) is 0 Å². The predicted octanol–water partition coefficient (Wildman–Crippen LogP) is 1.32. The Hall–Kier alpha value is -2.63. The molecule has 0 saturated carbocycles. The van der Waals surface area contributed by atoms with Crippen LogP contribution in [0, 0.1) is 0 Å². The molecule has 0 fully saturated rings. The lowest BCUT2D eigenvalue weighted by molar-refractivity contribution is 0.0816. The molecule has 2 aromatic rings. The molecular weight excluding hydrogens is 256 g/mol. The summed E-state index contributed by atoms with van der Waals surface area (Å²) in [6.45, 7) is 0.611. The number of methoxy groups -OCH3 is 1. The van der Waals surface area contributed by atoms with E-state index in [1.165, 1.54) is 7.11 Å². The van der Waals surface area contributed by atoms with E-state index in [0.717, 1.165) is 16.7 Å². The van der Waals surface area contributed by atoms with Crippen molar-refractivity contribution in [2.75, 3.05) is 19.9 Å². The van der Waals surface area contributed by atoms with Crippen molar-refractivity contribution in [3.05, 3.63) is 35.4 Å². The second-order valence-electron chi connectivity index (χ2n) is 4.69. The van der Waals surface area contributed by atoms with E-state index < -0.39 is 0 Å². The monoisotopic (exact) mass is 270 g/mol. The lowest BCUT2D eigenvalue weighted by Crippen LogP contribution is -2.17. The number of rotatable bonds is 2. The number of nitrogens with two attached hydrogens (primary N) is 1. The third-order valence-electron chi connectivity index (χ3n) is 3.31. The van der Waals surface area contributed by atoms with Gasteiger partial charge in [0.05, 0.1) is 12.8 Å². The van der Waals surface area contributed by atoms with Crippen LogP contribution in [-0.2, 0) is 6.54 Å². The quantitative estimate of drug-likeness (QED) is 0.890. The summed E-state index contributed by atoms with van der Waals surface area (Å²) in [6.07, 6.45) is 0. The molecule has 0 radical (unpaired) electrons. The van der Waals surface area contributed by atoms with Gasteiger partial charge in [-0.25, -0.2) is 4.98 Å². The maximum Gasteiger partial charge on any atom is 0.254 e. The van der Waals surface area contributed by atoms with Crippen LogP contribution in [0.5, 0.6) is 5.88 Å². The van der Waals surface area contributed by atoms with Crippen LogP contribution in [-0.4, -0.2) is 34.9 Å². The van der Waals surface area contributed by atoms with Crippen LogP contribution >= 0.6 is 0 Å². The Morgan fingerprint density at radius 2 is 2.10 bits per heavy atom. The maximum atomic E-state index is 11.9. The van der Waals surface area contributed by atoms with Crippen LogP contribution in [0.1, 0.15) is 15.9 Å².